The third-order valence-corrected chi connectivity index (χ3v) is 2.13. The quantitative estimate of drug-likeness (QED) is 0.671. The van der Waals surface area contributed by atoms with Gasteiger partial charge >= 0.3 is 0 Å². The number of hydrogen-bond acceptors (Lipinski definition) is 2. The Morgan fingerprint density at radius 1 is 1.62 bits per heavy atom. The van der Waals surface area contributed by atoms with Crippen LogP contribution in [-0.4, -0.2) is 19.8 Å². The fourth-order valence-electron chi connectivity index (χ4n) is 1.38. The average molecular weight is 186 g/mol. The number of ether oxygens (including phenoxy) is 2. The summed E-state index contributed by atoms with van der Waals surface area (Å²) in [5, 5.41) is 0. The fourth-order valence-corrected chi connectivity index (χ4v) is 1.38. The first-order valence-corrected chi connectivity index (χ1v) is 4.43. The van der Waals surface area contributed by atoms with Gasteiger partial charge in [-0.2, -0.15) is 0 Å². The molecule has 2 nitrogen and oxygen atoms in total. The molecular formula is C10H15FO2. The molecule has 0 saturated carbocycles. The van der Waals surface area contributed by atoms with Crippen LogP contribution in [0.2, 0.25) is 0 Å². The molecule has 0 saturated heterocycles. The minimum Gasteiger partial charge on any atom is -0.501 e. The molecule has 0 bridgehead atoms. The summed E-state index contributed by atoms with van der Waals surface area (Å²) in [6.45, 7) is 4.35. The van der Waals surface area contributed by atoms with Gasteiger partial charge in [0.15, 0.2) is 0 Å². The van der Waals surface area contributed by atoms with Crippen molar-refractivity contribution in [3.8, 4) is 0 Å². The van der Waals surface area contributed by atoms with Crippen molar-refractivity contribution in [2.45, 2.75) is 26.4 Å². The normalized spacial score (nSPS) is 18.9. The second-order valence-corrected chi connectivity index (χ2v) is 2.96. The second-order valence-electron chi connectivity index (χ2n) is 2.96. The van der Waals surface area contributed by atoms with E-state index in [9.17, 15) is 4.39 Å². The lowest BCUT2D eigenvalue weighted by molar-refractivity contribution is 0.0973. The zero-order chi connectivity index (χ0) is 9.84. The number of halogens is 1. The van der Waals surface area contributed by atoms with Gasteiger partial charge in [0.05, 0.1) is 13.2 Å². The first kappa shape index (κ1) is 10.3. The molecule has 0 aromatic rings. The molecule has 1 rings (SSSR count). The lowest BCUT2D eigenvalue weighted by Crippen LogP contribution is -2.11. The highest BCUT2D eigenvalue weighted by atomic mass is 19.1. The Labute approximate surface area is 78.0 Å². The molecule has 0 N–H and O–H groups in total. The van der Waals surface area contributed by atoms with Crippen molar-refractivity contribution in [3.63, 3.8) is 0 Å². The van der Waals surface area contributed by atoms with Crippen LogP contribution in [0.5, 0.6) is 0 Å². The van der Waals surface area contributed by atoms with E-state index >= 15 is 0 Å². The average Bonchev–Trinajstić information content (AvgIpc) is 2.47. The minimum atomic E-state index is -0.210. The summed E-state index contributed by atoms with van der Waals surface area (Å²) in [5.41, 5.74) is 0.679. The molecule has 74 valence electrons. The number of hydrogen-bond donors (Lipinski definition) is 0. The summed E-state index contributed by atoms with van der Waals surface area (Å²) in [5.74, 6) is 0.455. The monoisotopic (exact) mass is 186 g/mol. The largest absolute Gasteiger partial charge is 0.501 e. The molecule has 1 aliphatic rings. The van der Waals surface area contributed by atoms with Crippen molar-refractivity contribution in [2.24, 2.45) is 0 Å². The minimum absolute atomic E-state index is 0.158. The molecule has 0 aromatic heterocycles. The van der Waals surface area contributed by atoms with Crippen LogP contribution < -0.4 is 0 Å². The van der Waals surface area contributed by atoms with E-state index in [1.807, 2.05) is 13.8 Å². The molecule has 13 heavy (non-hydrogen) atoms. The zero-order valence-electron chi connectivity index (χ0n) is 8.26. The number of rotatable bonds is 4. The van der Waals surface area contributed by atoms with Gasteiger partial charge in [0.2, 0.25) is 0 Å². The lowest BCUT2D eigenvalue weighted by Gasteiger charge is -2.13. The van der Waals surface area contributed by atoms with Crippen molar-refractivity contribution < 1.29 is 13.9 Å². The first-order chi connectivity index (χ1) is 6.19. The predicted molar refractivity (Wildman–Crippen MR) is 48.9 cm³/mol. The van der Waals surface area contributed by atoms with E-state index in [0.717, 1.165) is 0 Å². The Bertz CT molecular complexity index is 243. The summed E-state index contributed by atoms with van der Waals surface area (Å²) in [7, 11) is 1.55. The highest BCUT2D eigenvalue weighted by molar-refractivity contribution is 5.34. The van der Waals surface area contributed by atoms with Crippen molar-refractivity contribution in [3.05, 3.63) is 23.2 Å². The van der Waals surface area contributed by atoms with Crippen molar-refractivity contribution in [2.75, 3.05) is 13.7 Å². The van der Waals surface area contributed by atoms with Gasteiger partial charge in [-0.3, -0.25) is 0 Å². The smallest absolute Gasteiger partial charge is 0.128 e. The van der Waals surface area contributed by atoms with Gasteiger partial charge in [-0.05, 0) is 13.8 Å². The van der Waals surface area contributed by atoms with Gasteiger partial charge in [0.1, 0.15) is 11.6 Å². The highest BCUT2D eigenvalue weighted by Crippen LogP contribution is 2.29. The SMILES string of the molecule is CCO[C@H](C)C1=C(F)C=C(OC)C1. The van der Waals surface area contributed by atoms with E-state index in [-0.39, 0.29) is 11.9 Å². The molecule has 0 spiro atoms. The van der Waals surface area contributed by atoms with Gasteiger partial charge in [0, 0.05) is 24.7 Å². The first-order valence-electron chi connectivity index (χ1n) is 4.43. The van der Waals surface area contributed by atoms with Gasteiger partial charge in [-0.1, -0.05) is 0 Å². The van der Waals surface area contributed by atoms with Crippen LogP contribution in [0, 0.1) is 0 Å². The number of allylic oxidation sites excluding steroid dienone is 3. The summed E-state index contributed by atoms with van der Waals surface area (Å²) in [4.78, 5) is 0. The maximum Gasteiger partial charge on any atom is 0.128 e. The van der Waals surface area contributed by atoms with E-state index < -0.39 is 0 Å². The Morgan fingerprint density at radius 3 is 2.77 bits per heavy atom. The molecule has 3 heteroatoms. The van der Waals surface area contributed by atoms with E-state index in [4.69, 9.17) is 9.47 Å². The predicted octanol–water partition coefficient (Wildman–Crippen LogP) is 2.57. The Morgan fingerprint density at radius 2 is 2.31 bits per heavy atom. The summed E-state index contributed by atoms with van der Waals surface area (Å²) in [6.07, 6.45) is 1.79. The zero-order valence-corrected chi connectivity index (χ0v) is 8.26. The maximum atomic E-state index is 13.2. The Kier molecular flexibility index (Phi) is 3.48. The summed E-state index contributed by atoms with van der Waals surface area (Å²) in [6, 6.07) is 0. The highest BCUT2D eigenvalue weighted by Gasteiger charge is 2.21. The molecule has 0 aliphatic heterocycles. The van der Waals surface area contributed by atoms with Crippen molar-refractivity contribution >= 4 is 0 Å². The molecule has 1 atom stereocenters. The van der Waals surface area contributed by atoms with Crippen LogP contribution in [0.15, 0.2) is 23.2 Å². The van der Waals surface area contributed by atoms with Gasteiger partial charge < -0.3 is 9.47 Å². The second kappa shape index (κ2) is 4.42. The van der Waals surface area contributed by atoms with E-state index in [0.29, 0.717) is 24.4 Å². The van der Waals surface area contributed by atoms with Crippen molar-refractivity contribution in [1.82, 2.24) is 0 Å². The molecule has 0 heterocycles. The molecule has 0 unspecified atom stereocenters. The van der Waals surface area contributed by atoms with Crippen LogP contribution in [0.1, 0.15) is 20.3 Å². The fraction of sp³-hybridized carbons (Fsp3) is 0.600. The number of methoxy groups -OCH3 is 1. The maximum absolute atomic E-state index is 13.2. The molecular weight excluding hydrogens is 171 g/mol. The Balaban J connectivity index is 2.60. The summed E-state index contributed by atoms with van der Waals surface area (Å²) >= 11 is 0. The van der Waals surface area contributed by atoms with Gasteiger partial charge in [-0.25, -0.2) is 4.39 Å². The van der Waals surface area contributed by atoms with Crippen molar-refractivity contribution in [1.29, 1.82) is 0 Å². The molecule has 0 fully saturated rings. The standard InChI is InChI=1S/C10H15FO2/c1-4-13-7(2)9-5-8(12-3)6-10(9)11/h6-7H,4-5H2,1-3H3/t7-/m1/s1. The molecule has 0 amide bonds. The van der Waals surface area contributed by atoms with Crippen LogP contribution in [0.3, 0.4) is 0 Å². The molecule has 1 aliphatic carbocycles. The summed E-state index contributed by atoms with van der Waals surface area (Å²) < 4.78 is 23.5. The van der Waals surface area contributed by atoms with E-state index in [2.05, 4.69) is 0 Å². The van der Waals surface area contributed by atoms with Gasteiger partial charge in [-0.15, -0.1) is 0 Å². The molecule has 0 aromatic carbocycles. The van der Waals surface area contributed by atoms with Crippen LogP contribution in [0.4, 0.5) is 4.39 Å². The van der Waals surface area contributed by atoms with Crippen LogP contribution >= 0.6 is 0 Å². The van der Waals surface area contributed by atoms with Crippen LogP contribution in [0.25, 0.3) is 0 Å². The third-order valence-electron chi connectivity index (χ3n) is 2.13. The van der Waals surface area contributed by atoms with E-state index in [1.54, 1.807) is 7.11 Å². The third kappa shape index (κ3) is 2.31. The molecule has 0 radical (unpaired) electrons. The lowest BCUT2D eigenvalue weighted by atomic mass is 10.1. The van der Waals surface area contributed by atoms with Gasteiger partial charge in [0.25, 0.3) is 0 Å². The van der Waals surface area contributed by atoms with Crippen LogP contribution in [-0.2, 0) is 9.47 Å². The van der Waals surface area contributed by atoms with E-state index in [1.165, 1.54) is 6.08 Å². The Hall–Kier alpha value is -0.830. The topological polar surface area (TPSA) is 18.5 Å².